The molecule has 0 fully saturated rings. The van der Waals surface area contributed by atoms with Crippen LogP contribution >= 0.6 is 0 Å². The van der Waals surface area contributed by atoms with Gasteiger partial charge in [-0.1, -0.05) is 20.8 Å². The average molecular weight is 283 g/mol. The molecule has 0 saturated heterocycles. The molecular weight excluding hydrogens is 263 g/mol. The fourth-order valence-corrected chi connectivity index (χ4v) is 1.16. The number of halogens is 3. The van der Waals surface area contributed by atoms with Crippen molar-refractivity contribution in [3.05, 3.63) is 0 Å². The van der Waals surface area contributed by atoms with Gasteiger partial charge >= 0.3 is 6.18 Å². The number of nitrogens with one attached hydrogen (secondary N) is 1. The van der Waals surface area contributed by atoms with E-state index in [9.17, 15) is 22.8 Å². The summed E-state index contributed by atoms with van der Waals surface area (Å²) in [6, 6.07) is -0.826. The second-order valence-corrected chi connectivity index (χ2v) is 5.43. The Morgan fingerprint density at radius 1 is 1.26 bits per heavy atom. The molecule has 0 aliphatic rings. The van der Waals surface area contributed by atoms with E-state index < -0.39 is 42.5 Å². The van der Waals surface area contributed by atoms with Gasteiger partial charge in [-0.2, -0.15) is 13.2 Å². The predicted octanol–water partition coefficient (Wildman–Crippen LogP) is 0.497. The van der Waals surface area contributed by atoms with E-state index >= 15 is 0 Å². The Kier molecular flexibility index (Phi) is 5.80. The first kappa shape index (κ1) is 17.7. The summed E-state index contributed by atoms with van der Waals surface area (Å²) in [7, 11) is 1.32. The molecule has 0 aromatic heterocycles. The van der Waals surface area contributed by atoms with E-state index in [0.29, 0.717) is 0 Å². The number of nitrogens with two attached hydrogens (primary N) is 1. The van der Waals surface area contributed by atoms with E-state index in [2.05, 4.69) is 0 Å². The lowest BCUT2D eigenvalue weighted by molar-refractivity contribution is -0.142. The molecule has 0 heterocycles. The molecule has 0 aromatic rings. The second-order valence-electron chi connectivity index (χ2n) is 5.43. The summed E-state index contributed by atoms with van der Waals surface area (Å²) >= 11 is 0. The first-order valence-electron chi connectivity index (χ1n) is 5.68. The van der Waals surface area contributed by atoms with Gasteiger partial charge in [0.25, 0.3) is 0 Å². The SMILES string of the molecule is CN(CC(=O)NCC(F)(F)F)C(=O)[C@@H](N)C(C)(C)C. The zero-order valence-electron chi connectivity index (χ0n) is 11.5. The predicted molar refractivity (Wildman–Crippen MR) is 64.1 cm³/mol. The molecule has 0 aliphatic carbocycles. The highest BCUT2D eigenvalue weighted by atomic mass is 19.4. The number of rotatable bonds is 4. The van der Waals surface area contributed by atoms with Crippen LogP contribution < -0.4 is 11.1 Å². The van der Waals surface area contributed by atoms with Crippen molar-refractivity contribution in [1.82, 2.24) is 10.2 Å². The molecule has 0 radical (unpaired) electrons. The molecule has 0 saturated carbocycles. The van der Waals surface area contributed by atoms with Crippen molar-refractivity contribution in [3.63, 3.8) is 0 Å². The van der Waals surface area contributed by atoms with Crippen LogP contribution in [-0.2, 0) is 9.59 Å². The molecule has 3 N–H and O–H groups in total. The highest BCUT2D eigenvalue weighted by molar-refractivity contribution is 5.87. The minimum atomic E-state index is -4.47. The van der Waals surface area contributed by atoms with E-state index in [0.717, 1.165) is 4.90 Å². The van der Waals surface area contributed by atoms with Gasteiger partial charge in [0.1, 0.15) is 6.54 Å². The summed E-state index contributed by atoms with van der Waals surface area (Å²) in [6.07, 6.45) is -4.47. The third-order valence-corrected chi connectivity index (χ3v) is 2.44. The Bertz CT molecular complexity index is 337. The van der Waals surface area contributed by atoms with Crippen molar-refractivity contribution >= 4 is 11.8 Å². The van der Waals surface area contributed by atoms with Gasteiger partial charge in [0.05, 0.1) is 12.6 Å². The summed E-state index contributed by atoms with van der Waals surface area (Å²) in [5.74, 6) is -1.37. The molecule has 5 nitrogen and oxygen atoms in total. The van der Waals surface area contributed by atoms with Crippen molar-refractivity contribution in [2.75, 3.05) is 20.1 Å². The number of hydrogen-bond donors (Lipinski definition) is 2. The van der Waals surface area contributed by atoms with Crippen LogP contribution in [0.2, 0.25) is 0 Å². The second kappa shape index (κ2) is 6.23. The van der Waals surface area contributed by atoms with E-state index in [1.165, 1.54) is 7.05 Å². The zero-order valence-corrected chi connectivity index (χ0v) is 11.5. The first-order chi connectivity index (χ1) is 8.34. The molecule has 0 bridgehead atoms. The van der Waals surface area contributed by atoms with Crippen LogP contribution in [0.3, 0.4) is 0 Å². The third-order valence-electron chi connectivity index (χ3n) is 2.44. The van der Waals surface area contributed by atoms with Crippen molar-refractivity contribution in [2.45, 2.75) is 33.0 Å². The van der Waals surface area contributed by atoms with Crippen LogP contribution in [0.5, 0.6) is 0 Å². The summed E-state index contributed by atoms with van der Waals surface area (Å²) in [5.41, 5.74) is 5.22. The van der Waals surface area contributed by atoms with Crippen molar-refractivity contribution in [1.29, 1.82) is 0 Å². The highest BCUT2D eigenvalue weighted by Gasteiger charge is 2.31. The number of nitrogens with zero attached hydrogens (tertiary/aromatic N) is 1. The standard InChI is InChI=1S/C11H20F3N3O2/c1-10(2,3)8(15)9(19)17(4)5-7(18)16-6-11(12,13)14/h8H,5-6,15H2,1-4H3,(H,16,18)/t8-/m1/s1. The maximum atomic E-state index is 11.9. The molecule has 0 spiro atoms. The van der Waals surface area contributed by atoms with Crippen LogP contribution in [0.1, 0.15) is 20.8 Å². The van der Waals surface area contributed by atoms with Crippen LogP contribution in [0, 0.1) is 5.41 Å². The van der Waals surface area contributed by atoms with Gasteiger partial charge < -0.3 is 16.0 Å². The lowest BCUT2D eigenvalue weighted by Crippen LogP contribution is -2.51. The van der Waals surface area contributed by atoms with Crippen molar-refractivity contribution in [3.8, 4) is 0 Å². The Morgan fingerprint density at radius 2 is 1.74 bits per heavy atom. The Labute approximate surface area is 110 Å². The van der Waals surface area contributed by atoms with Crippen LogP contribution in [0.4, 0.5) is 13.2 Å². The highest BCUT2D eigenvalue weighted by Crippen LogP contribution is 2.18. The van der Waals surface area contributed by atoms with E-state index in [1.807, 2.05) is 0 Å². The topological polar surface area (TPSA) is 75.4 Å². The smallest absolute Gasteiger partial charge is 0.345 e. The fourth-order valence-electron chi connectivity index (χ4n) is 1.16. The summed E-state index contributed by atoms with van der Waals surface area (Å²) in [6.45, 7) is 3.39. The van der Waals surface area contributed by atoms with Gasteiger partial charge in [-0.3, -0.25) is 9.59 Å². The number of alkyl halides is 3. The molecule has 2 amide bonds. The van der Waals surface area contributed by atoms with Gasteiger partial charge in [-0.15, -0.1) is 0 Å². The van der Waals surface area contributed by atoms with Gasteiger partial charge in [-0.05, 0) is 5.41 Å². The monoisotopic (exact) mass is 283 g/mol. The first-order valence-corrected chi connectivity index (χ1v) is 5.68. The van der Waals surface area contributed by atoms with E-state index in [4.69, 9.17) is 5.73 Å². The molecule has 8 heteroatoms. The molecule has 112 valence electrons. The molecule has 0 aliphatic heterocycles. The molecular formula is C11H20F3N3O2. The normalized spacial score (nSPS) is 13.9. The number of carbonyl (C=O) groups is 2. The van der Waals surface area contributed by atoms with Crippen LogP contribution in [0.25, 0.3) is 0 Å². The van der Waals surface area contributed by atoms with E-state index in [1.54, 1.807) is 26.1 Å². The molecule has 1 atom stereocenters. The fraction of sp³-hybridized carbons (Fsp3) is 0.818. The number of hydrogen-bond acceptors (Lipinski definition) is 3. The molecule has 19 heavy (non-hydrogen) atoms. The van der Waals surface area contributed by atoms with Crippen molar-refractivity contribution < 1.29 is 22.8 Å². The Balaban J connectivity index is 4.34. The minimum absolute atomic E-state index is 0.460. The Morgan fingerprint density at radius 3 is 2.11 bits per heavy atom. The lowest BCUT2D eigenvalue weighted by Gasteiger charge is -2.29. The van der Waals surface area contributed by atoms with Gasteiger partial charge in [0.2, 0.25) is 11.8 Å². The lowest BCUT2D eigenvalue weighted by atomic mass is 9.86. The third kappa shape index (κ3) is 7.00. The van der Waals surface area contributed by atoms with Gasteiger partial charge in [0.15, 0.2) is 0 Å². The number of amides is 2. The number of carbonyl (C=O) groups excluding carboxylic acids is 2. The zero-order chi connectivity index (χ0) is 15.4. The Hall–Kier alpha value is -1.31. The molecule has 0 aromatic carbocycles. The van der Waals surface area contributed by atoms with Crippen LogP contribution in [-0.4, -0.2) is 49.1 Å². The molecule has 0 rings (SSSR count). The van der Waals surface area contributed by atoms with E-state index in [-0.39, 0.29) is 0 Å². The summed E-state index contributed by atoms with van der Waals surface area (Å²) in [5, 5.41) is 1.69. The minimum Gasteiger partial charge on any atom is -0.345 e. The average Bonchev–Trinajstić information content (AvgIpc) is 2.22. The van der Waals surface area contributed by atoms with Crippen LogP contribution in [0.15, 0.2) is 0 Å². The summed E-state index contributed by atoms with van der Waals surface area (Å²) < 4.78 is 35.6. The maximum absolute atomic E-state index is 11.9. The van der Waals surface area contributed by atoms with Crippen molar-refractivity contribution in [2.24, 2.45) is 11.1 Å². The van der Waals surface area contributed by atoms with Gasteiger partial charge in [-0.25, -0.2) is 0 Å². The quantitative estimate of drug-likeness (QED) is 0.788. The van der Waals surface area contributed by atoms with Gasteiger partial charge in [0, 0.05) is 7.05 Å². The maximum Gasteiger partial charge on any atom is 0.405 e. The molecule has 0 unspecified atom stereocenters. The largest absolute Gasteiger partial charge is 0.405 e. The summed E-state index contributed by atoms with van der Waals surface area (Å²) in [4.78, 5) is 24.1. The number of likely N-dealkylation sites (N-methyl/N-ethyl adjacent to an activating group) is 1.